The smallest absolute Gasteiger partial charge is 0.0335 e. The molecule has 0 amide bonds. The van der Waals surface area contributed by atoms with Crippen molar-refractivity contribution in [1.29, 1.82) is 0 Å². The van der Waals surface area contributed by atoms with Crippen molar-refractivity contribution in [2.24, 2.45) is 4.99 Å². The molecule has 0 saturated carbocycles. The molecule has 1 aromatic carbocycles. The Bertz CT molecular complexity index is 464. The molecule has 0 fully saturated rings. The Morgan fingerprint density at radius 1 is 1.29 bits per heavy atom. The van der Waals surface area contributed by atoms with Crippen LogP contribution in [0, 0.1) is 0 Å². The van der Waals surface area contributed by atoms with Crippen LogP contribution in [-0.2, 0) is 6.42 Å². The maximum absolute atomic E-state index is 4.39. The predicted octanol–water partition coefficient (Wildman–Crippen LogP) is 4.09. The van der Waals surface area contributed by atoms with Crippen molar-refractivity contribution in [3.05, 3.63) is 72.0 Å². The Hall–Kier alpha value is -1.89. The van der Waals surface area contributed by atoms with Gasteiger partial charge in [-0.1, -0.05) is 55.1 Å². The molecule has 0 aliphatic heterocycles. The van der Waals surface area contributed by atoms with Gasteiger partial charge in [-0.15, -0.1) is 0 Å². The zero-order chi connectivity index (χ0) is 11.9. The second-order valence-electron chi connectivity index (χ2n) is 4.18. The van der Waals surface area contributed by atoms with Crippen molar-refractivity contribution < 1.29 is 0 Å². The van der Waals surface area contributed by atoms with Gasteiger partial charge in [0.2, 0.25) is 0 Å². The molecule has 1 aliphatic carbocycles. The molecule has 86 valence electrons. The van der Waals surface area contributed by atoms with E-state index in [0.717, 1.165) is 25.0 Å². The highest BCUT2D eigenvalue weighted by Crippen LogP contribution is 2.11. The van der Waals surface area contributed by atoms with E-state index in [9.17, 15) is 0 Å². The van der Waals surface area contributed by atoms with Gasteiger partial charge in [-0.2, -0.15) is 0 Å². The summed E-state index contributed by atoms with van der Waals surface area (Å²) < 4.78 is 0. The van der Waals surface area contributed by atoms with Crippen molar-refractivity contribution in [1.82, 2.24) is 0 Å². The summed E-state index contributed by atoms with van der Waals surface area (Å²) in [4.78, 5) is 4.39. The summed E-state index contributed by atoms with van der Waals surface area (Å²) in [5, 5.41) is 0. The molecule has 0 saturated heterocycles. The number of aryl methyl sites for hydroxylation is 1. The first-order valence-electron chi connectivity index (χ1n) is 5.96. The lowest BCUT2D eigenvalue weighted by Gasteiger charge is -2.01. The molecule has 0 bridgehead atoms. The van der Waals surface area contributed by atoms with Crippen LogP contribution in [0.3, 0.4) is 0 Å². The van der Waals surface area contributed by atoms with E-state index in [4.69, 9.17) is 0 Å². The average molecular weight is 223 g/mol. The normalized spacial score (nSPS) is 14.2. The molecule has 2 rings (SSSR count). The molecule has 0 heterocycles. The van der Waals surface area contributed by atoms with E-state index in [-0.39, 0.29) is 0 Å². The number of aliphatic imine (C=N–C) groups is 1. The van der Waals surface area contributed by atoms with Gasteiger partial charge >= 0.3 is 0 Å². The topological polar surface area (TPSA) is 12.4 Å². The van der Waals surface area contributed by atoms with Gasteiger partial charge in [0.1, 0.15) is 0 Å². The third-order valence-corrected chi connectivity index (χ3v) is 2.76. The Labute approximate surface area is 103 Å². The summed E-state index contributed by atoms with van der Waals surface area (Å²) >= 11 is 0. The SMILES string of the molecule is C=C(CCc1ccccc1)N=CC1=CC=CC1. The molecular weight excluding hydrogens is 206 g/mol. The summed E-state index contributed by atoms with van der Waals surface area (Å²) in [6.07, 6.45) is 11.1. The van der Waals surface area contributed by atoms with E-state index < -0.39 is 0 Å². The second kappa shape index (κ2) is 6.00. The van der Waals surface area contributed by atoms with Gasteiger partial charge < -0.3 is 0 Å². The maximum Gasteiger partial charge on any atom is 0.0335 e. The number of allylic oxidation sites excluding steroid dienone is 5. The number of nitrogens with zero attached hydrogens (tertiary/aromatic N) is 1. The van der Waals surface area contributed by atoms with Gasteiger partial charge in [0.15, 0.2) is 0 Å². The highest BCUT2D eigenvalue weighted by Gasteiger charge is 1.97. The molecule has 17 heavy (non-hydrogen) atoms. The van der Waals surface area contributed by atoms with Crippen molar-refractivity contribution in [3.8, 4) is 0 Å². The Balaban J connectivity index is 1.78. The lowest BCUT2D eigenvalue weighted by Crippen LogP contribution is -1.87. The quantitative estimate of drug-likeness (QED) is 0.667. The molecule has 0 N–H and O–H groups in total. The molecule has 1 aliphatic rings. The van der Waals surface area contributed by atoms with E-state index in [1.165, 1.54) is 11.1 Å². The van der Waals surface area contributed by atoms with E-state index >= 15 is 0 Å². The first kappa shape index (κ1) is 11.6. The van der Waals surface area contributed by atoms with Crippen LogP contribution in [0.1, 0.15) is 18.4 Å². The standard InChI is InChI=1S/C16H17N/c1-14(17-13-16-9-5-6-10-16)11-12-15-7-3-2-4-8-15/h2-9,13H,1,10-12H2. The third-order valence-electron chi connectivity index (χ3n) is 2.76. The zero-order valence-corrected chi connectivity index (χ0v) is 9.97. The summed E-state index contributed by atoms with van der Waals surface area (Å²) in [7, 11) is 0. The summed E-state index contributed by atoms with van der Waals surface area (Å²) in [6.45, 7) is 3.99. The minimum absolute atomic E-state index is 0.918. The van der Waals surface area contributed by atoms with Crippen LogP contribution in [-0.4, -0.2) is 6.21 Å². The van der Waals surface area contributed by atoms with E-state index in [1.54, 1.807) is 0 Å². The number of benzene rings is 1. The monoisotopic (exact) mass is 223 g/mol. The third kappa shape index (κ3) is 3.87. The van der Waals surface area contributed by atoms with Gasteiger partial charge in [0.25, 0.3) is 0 Å². The zero-order valence-electron chi connectivity index (χ0n) is 9.97. The van der Waals surface area contributed by atoms with Crippen LogP contribution in [0.4, 0.5) is 0 Å². The van der Waals surface area contributed by atoms with Crippen molar-refractivity contribution in [2.45, 2.75) is 19.3 Å². The fraction of sp³-hybridized carbons (Fsp3) is 0.188. The van der Waals surface area contributed by atoms with Gasteiger partial charge in [0.05, 0.1) is 0 Å². The van der Waals surface area contributed by atoms with E-state index in [2.05, 4.69) is 54.1 Å². The molecular formula is C16H17N. The summed E-state index contributed by atoms with van der Waals surface area (Å²) in [5.74, 6) is 0. The Morgan fingerprint density at radius 3 is 2.82 bits per heavy atom. The van der Waals surface area contributed by atoms with Gasteiger partial charge in [-0.3, -0.25) is 4.99 Å². The molecule has 0 unspecified atom stereocenters. The Morgan fingerprint density at radius 2 is 2.12 bits per heavy atom. The lowest BCUT2D eigenvalue weighted by atomic mass is 10.1. The van der Waals surface area contributed by atoms with Crippen LogP contribution in [0.2, 0.25) is 0 Å². The molecule has 1 aromatic rings. The Kier molecular flexibility index (Phi) is 4.09. The highest BCUT2D eigenvalue weighted by molar-refractivity contribution is 5.81. The molecule has 0 atom stereocenters. The van der Waals surface area contributed by atoms with Crippen molar-refractivity contribution in [3.63, 3.8) is 0 Å². The van der Waals surface area contributed by atoms with E-state index in [0.29, 0.717) is 0 Å². The minimum Gasteiger partial charge on any atom is -0.262 e. The summed E-state index contributed by atoms with van der Waals surface area (Å²) in [5.41, 5.74) is 3.54. The molecule has 1 nitrogen and oxygen atoms in total. The predicted molar refractivity (Wildman–Crippen MR) is 74.2 cm³/mol. The van der Waals surface area contributed by atoms with Gasteiger partial charge in [-0.25, -0.2) is 0 Å². The first-order chi connectivity index (χ1) is 8.34. The van der Waals surface area contributed by atoms with Gasteiger partial charge in [-0.05, 0) is 30.4 Å². The van der Waals surface area contributed by atoms with Crippen LogP contribution in [0.25, 0.3) is 0 Å². The maximum atomic E-state index is 4.39. The highest BCUT2D eigenvalue weighted by atomic mass is 14.7. The van der Waals surface area contributed by atoms with Crippen LogP contribution in [0.5, 0.6) is 0 Å². The lowest BCUT2D eigenvalue weighted by molar-refractivity contribution is 0.933. The average Bonchev–Trinajstić information content (AvgIpc) is 2.88. The van der Waals surface area contributed by atoms with Crippen LogP contribution < -0.4 is 0 Å². The molecule has 0 radical (unpaired) electrons. The number of hydrogen-bond donors (Lipinski definition) is 0. The minimum atomic E-state index is 0.918. The molecule has 0 spiro atoms. The fourth-order valence-electron chi connectivity index (χ4n) is 1.73. The summed E-state index contributed by atoms with van der Waals surface area (Å²) in [6, 6.07) is 10.4. The van der Waals surface area contributed by atoms with Crippen LogP contribution >= 0.6 is 0 Å². The van der Waals surface area contributed by atoms with Crippen molar-refractivity contribution >= 4 is 6.21 Å². The van der Waals surface area contributed by atoms with Crippen molar-refractivity contribution in [2.75, 3.05) is 0 Å². The van der Waals surface area contributed by atoms with E-state index in [1.807, 2.05) is 12.3 Å². The fourth-order valence-corrected chi connectivity index (χ4v) is 1.73. The largest absolute Gasteiger partial charge is 0.262 e. The second-order valence-corrected chi connectivity index (χ2v) is 4.18. The number of hydrogen-bond acceptors (Lipinski definition) is 1. The number of rotatable bonds is 5. The van der Waals surface area contributed by atoms with Crippen LogP contribution in [0.15, 0.2) is 71.4 Å². The first-order valence-corrected chi connectivity index (χ1v) is 5.96. The van der Waals surface area contributed by atoms with Gasteiger partial charge in [0, 0.05) is 11.9 Å². The molecule has 0 aromatic heterocycles. The molecule has 1 heteroatoms.